The summed E-state index contributed by atoms with van der Waals surface area (Å²) < 4.78 is 9.26. The van der Waals surface area contributed by atoms with Crippen LogP contribution >= 0.6 is 21.1 Å². The van der Waals surface area contributed by atoms with Gasteiger partial charge in [-0.1, -0.05) is 0 Å². The van der Waals surface area contributed by atoms with Crippen LogP contribution in [0.2, 0.25) is 0 Å². The topological polar surface area (TPSA) is 12.5 Å². The third kappa shape index (κ3) is 1.72. The summed E-state index contributed by atoms with van der Waals surface area (Å²) in [6.07, 6.45) is 4.27. The molecule has 0 N–H and O–H groups in total. The molecule has 2 nitrogen and oxygen atoms in total. The lowest BCUT2D eigenvalue weighted by Gasteiger charge is -2.17. The Labute approximate surface area is 84.6 Å². The van der Waals surface area contributed by atoms with Crippen LogP contribution in [0.15, 0.2) is 0 Å². The van der Waals surface area contributed by atoms with Crippen LogP contribution in [0.5, 0.6) is 0 Å². The molecule has 0 amide bonds. The average Bonchev–Trinajstić information content (AvgIpc) is 2.70. The molecule has 3 heteroatoms. The maximum Gasteiger partial charge on any atom is 0.0742 e. The molecule has 0 aromatic rings. The van der Waals surface area contributed by atoms with Crippen LogP contribution in [0.3, 0.4) is 0 Å². The van der Waals surface area contributed by atoms with Crippen molar-refractivity contribution in [3.8, 4) is 0 Å². The van der Waals surface area contributed by atoms with E-state index < -0.39 is 0 Å². The highest BCUT2D eigenvalue weighted by Crippen LogP contribution is 2.54. The molecule has 1 saturated carbocycles. The minimum atomic E-state index is -0.218. The molecule has 0 bridgehead atoms. The Morgan fingerprint density at radius 1 is 1.67 bits per heavy atom. The highest BCUT2D eigenvalue weighted by molar-refractivity contribution is 14.2. The van der Waals surface area contributed by atoms with Gasteiger partial charge in [0.2, 0.25) is 0 Å². The highest BCUT2D eigenvalue weighted by atomic mass is 127. The maximum atomic E-state index is 5.47. The predicted molar refractivity (Wildman–Crippen MR) is 59.8 cm³/mol. The van der Waals surface area contributed by atoms with Crippen LogP contribution < -0.4 is 0 Å². The number of halogens is 1. The molecule has 12 heavy (non-hydrogen) atoms. The number of rotatable bonds is 3. The Balaban J connectivity index is 1.86. The summed E-state index contributed by atoms with van der Waals surface area (Å²) >= 11 is -0.218. The summed E-state index contributed by atoms with van der Waals surface area (Å²) in [5.74, 6) is 0. The molecule has 1 saturated heterocycles. The summed E-state index contributed by atoms with van der Waals surface area (Å²) in [5, 5.41) is 0. The zero-order valence-electron chi connectivity index (χ0n) is 7.55. The zero-order valence-corrected chi connectivity index (χ0v) is 9.71. The molecule has 0 radical (unpaired) electrons. The average molecular weight is 281 g/mol. The summed E-state index contributed by atoms with van der Waals surface area (Å²) in [5.41, 5.74) is 0.724. The minimum Gasteiger partial charge on any atom is -0.320 e. The van der Waals surface area contributed by atoms with Gasteiger partial charge < -0.3 is 7.97 Å². The van der Waals surface area contributed by atoms with E-state index >= 15 is 0 Å². The third-order valence-electron chi connectivity index (χ3n) is 3.17. The number of nitrogens with zero attached hydrogens (tertiary/aromatic N) is 1. The number of likely N-dealkylation sites (tertiary alicyclic amines) is 1. The lowest BCUT2D eigenvalue weighted by molar-refractivity contribution is 0.237. The minimum absolute atomic E-state index is 0.218. The van der Waals surface area contributed by atoms with E-state index in [0.29, 0.717) is 6.04 Å². The summed E-state index contributed by atoms with van der Waals surface area (Å²) in [6, 6.07) is 0.689. The van der Waals surface area contributed by atoms with Crippen LogP contribution in [-0.2, 0) is 3.07 Å². The lowest BCUT2D eigenvalue weighted by atomic mass is 10.0. The van der Waals surface area contributed by atoms with Gasteiger partial charge >= 0.3 is 0 Å². The molecule has 1 aliphatic heterocycles. The Morgan fingerprint density at radius 2 is 2.42 bits per heavy atom. The van der Waals surface area contributed by atoms with Gasteiger partial charge in [-0.25, -0.2) is 0 Å². The van der Waals surface area contributed by atoms with E-state index in [-0.39, 0.29) is 21.1 Å². The van der Waals surface area contributed by atoms with Crippen LogP contribution in [0.4, 0.5) is 0 Å². The fourth-order valence-electron chi connectivity index (χ4n) is 2.22. The second-order valence-electron chi connectivity index (χ2n) is 4.16. The van der Waals surface area contributed by atoms with Crippen molar-refractivity contribution in [3.63, 3.8) is 0 Å². The second-order valence-corrected chi connectivity index (χ2v) is 5.40. The smallest absolute Gasteiger partial charge is 0.0742 e. The molecule has 1 aliphatic carbocycles. The first kappa shape index (κ1) is 9.09. The molecular weight excluding hydrogens is 265 g/mol. The quantitative estimate of drug-likeness (QED) is 0.731. The van der Waals surface area contributed by atoms with E-state index in [1.807, 2.05) is 0 Å². The zero-order chi connectivity index (χ0) is 8.60. The van der Waals surface area contributed by atoms with Crippen LogP contribution in [0.1, 0.15) is 19.3 Å². The number of hydrogen-bond donors (Lipinski definition) is 0. The highest BCUT2D eigenvalue weighted by Gasteiger charge is 2.50. The van der Waals surface area contributed by atoms with Crippen molar-refractivity contribution in [1.29, 1.82) is 0 Å². The summed E-state index contributed by atoms with van der Waals surface area (Å²) in [7, 11) is 2.22. The standard InChI is InChI=1S/C9H16INO/c1-10-12-6-8-5-9(3-4-9)7-11(8)2/h8H,1,3-7H2,2H3. The molecule has 1 unspecified atom stereocenters. The molecule has 2 rings (SSSR count). The Hall–Kier alpha value is 0.520. The van der Waals surface area contributed by atoms with Crippen molar-refractivity contribution in [2.24, 2.45) is 5.41 Å². The molecule has 2 fully saturated rings. The van der Waals surface area contributed by atoms with E-state index in [1.54, 1.807) is 0 Å². The van der Waals surface area contributed by atoms with Crippen LogP contribution in [0.25, 0.3) is 0 Å². The van der Waals surface area contributed by atoms with Gasteiger partial charge in [-0.3, -0.25) is 0 Å². The van der Waals surface area contributed by atoms with Gasteiger partial charge in [-0.05, 0) is 36.2 Å². The van der Waals surface area contributed by atoms with Gasteiger partial charge in [0.25, 0.3) is 0 Å². The van der Waals surface area contributed by atoms with Crippen LogP contribution in [0, 0.1) is 5.41 Å². The normalized spacial score (nSPS) is 32.9. The second kappa shape index (κ2) is 3.35. The molecule has 1 heterocycles. The Morgan fingerprint density at radius 3 is 2.92 bits per heavy atom. The molecule has 0 aromatic carbocycles. The first-order chi connectivity index (χ1) is 5.76. The van der Waals surface area contributed by atoms with Gasteiger partial charge in [-0.15, -0.1) is 0 Å². The van der Waals surface area contributed by atoms with E-state index in [2.05, 4.69) is 16.5 Å². The lowest BCUT2D eigenvalue weighted by Crippen LogP contribution is -2.28. The SMILES string of the molecule is C=IOCC1CC2(CC2)CN1C. The number of likely N-dealkylation sites (N-methyl/N-ethyl adjacent to an activating group) is 1. The first-order valence-corrected chi connectivity index (χ1v) is 6.87. The van der Waals surface area contributed by atoms with E-state index in [0.717, 1.165) is 12.0 Å². The monoisotopic (exact) mass is 281 g/mol. The van der Waals surface area contributed by atoms with Gasteiger partial charge in [0, 0.05) is 33.7 Å². The van der Waals surface area contributed by atoms with Crippen molar-refractivity contribution < 1.29 is 3.07 Å². The summed E-state index contributed by atoms with van der Waals surface area (Å²) in [4.78, 5) is 2.46. The van der Waals surface area contributed by atoms with Crippen molar-refractivity contribution in [3.05, 3.63) is 0 Å². The Kier molecular flexibility index (Phi) is 2.53. The Bertz CT molecular complexity index is 191. The van der Waals surface area contributed by atoms with E-state index in [1.165, 1.54) is 25.8 Å². The van der Waals surface area contributed by atoms with Crippen LogP contribution in [-0.4, -0.2) is 35.7 Å². The van der Waals surface area contributed by atoms with E-state index in [4.69, 9.17) is 3.07 Å². The largest absolute Gasteiger partial charge is 0.320 e. The third-order valence-corrected chi connectivity index (χ3v) is 3.97. The summed E-state index contributed by atoms with van der Waals surface area (Å²) in [6.45, 7) is 2.23. The predicted octanol–water partition coefficient (Wildman–Crippen LogP) is 1.80. The van der Waals surface area contributed by atoms with Gasteiger partial charge in [0.15, 0.2) is 0 Å². The maximum absolute atomic E-state index is 5.47. The molecular formula is C9H16INO. The molecule has 2 aliphatic rings. The fourth-order valence-corrected chi connectivity index (χ4v) is 2.89. The fraction of sp³-hybridized carbons (Fsp3) is 0.889. The van der Waals surface area contributed by atoms with Gasteiger partial charge in [0.1, 0.15) is 0 Å². The molecule has 70 valence electrons. The van der Waals surface area contributed by atoms with Gasteiger partial charge in [-0.2, -0.15) is 0 Å². The first-order valence-electron chi connectivity index (χ1n) is 4.46. The van der Waals surface area contributed by atoms with Crippen molar-refractivity contribution in [1.82, 2.24) is 4.90 Å². The molecule has 0 aromatic heterocycles. The molecule has 1 atom stereocenters. The molecule has 1 spiro atoms. The van der Waals surface area contributed by atoms with Crippen molar-refractivity contribution in [2.75, 3.05) is 20.2 Å². The van der Waals surface area contributed by atoms with Gasteiger partial charge in [0.05, 0.1) is 6.61 Å². The van der Waals surface area contributed by atoms with Crippen molar-refractivity contribution in [2.45, 2.75) is 25.3 Å². The van der Waals surface area contributed by atoms with E-state index in [9.17, 15) is 0 Å². The van der Waals surface area contributed by atoms with Crippen molar-refractivity contribution >= 4 is 25.7 Å². The number of hydrogen-bond acceptors (Lipinski definition) is 2.